The Morgan fingerprint density at radius 1 is 1.29 bits per heavy atom. The number of nitrogens with zero attached hydrogens (tertiary/aromatic N) is 2. The van der Waals surface area contributed by atoms with Gasteiger partial charge < -0.3 is 15.6 Å². The van der Waals surface area contributed by atoms with Gasteiger partial charge in [-0.1, -0.05) is 12.1 Å². The van der Waals surface area contributed by atoms with Crippen molar-refractivity contribution in [3.05, 3.63) is 48.2 Å². The van der Waals surface area contributed by atoms with Gasteiger partial charge in [-0.2, -0.15) is 5.10 Å². The highest BCUT2D eigenvalue weighted by Crippen LogP contribution is 2.32. The molecule has 1 aromatic carbocycles. The minimum atomic E-state index is -1.32. The van der Waals surface area contributed by atoms with Gasteiger partial charge in [0.25, 0.3) is 0 Å². The maximum atomic E-state index is 10.8. The Bertz CT molecular complexity index is 762. The molecule has 0 radical (unpaired) electrons. The monoisotopic (exact) mass is 329 g/mol. The fraction of sp³-hybridized carbons (Fsp3) is 0.250. The number of aromatic nitrogens is 2. The van der Waals surface area contributed by atoms with Gasteiger partial charge in [0.1, 0.15) is 5.75 Å². The molecule has 2 aromatic rings. The number of nitrogens with two attached hydrogens (primary N) is 2. The van der Waals surface area contributed by atoms with Gasteiger partial charge in [0, 0.05) is 11.8 Å². The van der Waals surface area contributed by atoms with Gasteiger partial charge in [-0.05, 0) is 37.0 Å². The summed E-state index contributed by atoms with van der Waals surface area (Å²) in [6.45, 7) is 0. The van der Waals surface area contributed by atoms with E-state index in [1.165, 1.54) is 19.3 Å². The van der Waals surface area contributed by atoms with E-state index >= 15 is 0 Å². The molecule has 0 bridgehead atoms. The van der Waals surface area contributed by atoms with E-state index in [0.29, 0.717) is 11.8 Å². The second-order valence-electron chi connectivity index (χ2n) is 5.61. The zero-order valence-electron chi connectivity index (χ0n) is 13.0. The molecule has 0 saturated heterocycles. The van der Waals surface area contributed by atoms with Crippen LogP contribution in [-0.4, -0.2) is 20.9 Å². The van der Waals surface area contributed by atoms with Crippen LogP contribution in [0.3, 0.4) is 0 Å². The van der Waals surface area contributed by atoms with E-state index in [1.54, 1.807) is 12.1 Å². The molecule has 126 valence electrons. The van der Waals surface area contributed by atoms with Crippen LogP contribution < -0.4 is 21.7 Å². The molecule has 8 nitrogen and oxygen atoms in total. The fourth-order valence-electron chi connectivity index (χ4n) is 2.43. The SMILES string of the molecule is NN/C(Oc1ccc(-c2cnn(C3CCC3)c2)cc1)=C(\N)C(=O)O. The lowest BCUT2D eigenvalue weighted by Crippen LogP contribution is -2.31. The fourth-order valence-corrected chi connectivity index (χ4v) is 2.43. The first-order valence-corrected chi connectivity index (χ1v) is 7.60. The maximum absolute atomic E-state index is 10.8. The molecule has 6 N–H and O–H groups in total. The lowest BCUT2D eigenvalue weighted by atomic mass is 9.93. The Hall–Kier alpha value is -3.00. The summed E-state index contributed by atoms with van der Waals surface area (Å²) in [4.78, 5) is 10.8. The van der Waals surface area contributed by atoms with Gasteiger partial charge >= 0.3 is 5.97 Å². The normalized spacial score (nSPS) is 15.4. The number of carboxylic acids is 1. The highest BCUT2D eigenvalue weighted by atomic mass is 16.5. The minimum absolute atomic E-state index is 0.215. The molecule has 0 unspecified atom stereocenters. The minimum Gasteiger partial charge on any atom is -0.476 e. The van der Waals surface area contributed by atoms with Gasteiger partial charge in [0.15, 0.2) is 5.70 Å². The molecular weight excluding hydrogens is 310 g/mol. The van der Waals surface area contributed by atoms with Crippen molar-refractivity contribution in [3.63, 3.8) is 0 Å². The van der Waals surface area contributed by atoms with Crippen LogP contribution in [0.1, 0.15) is 25.3 Å². The molecule has 0 amide bonds. The van der Waals surface area contributed by atoms with Crippen molar-refractivity contribution in [3.8, 4) is 16.9 Å². The van der Waals surface area contributed by atoms with Crippen molar-refractivity contribution in [2.24, 2.45) is 11.6 Å². The Kier molecular flexibility index (Phi) is 4.39. The summed E-state index contributed by atoms with van der Waals surface area (Å²) in [6, 6.07) is 7.67. The third-order valence-electron chi connectivity index (χ3n) is 4.06. The van der Waals surface area contributed by atoms with Crippen molar-refractivity contribution in [1.82, 2.24) is 15.2 Å². The summed E-state index contributed by atoms with van der Waals surface area (Å²) < 4.78 is 7.37. The van der Waals surface area contributed by atoms with E-state index in [1.807, 2.05) is 29.2 Å². The molecule has 0 atom stereocenters. The van der Waals surface area contributed by atoms with Gasteiger partial charge in [-0.15, -0.1) is 0 Å². The standard InChI is InChI=1S/C16H19N5O3/c17-14(16(22)23)15(20-18)24-13-6-4-10(5-7-13)11-8-19-21(9-11)12-2-1-3-12/h4-9,12,20H,1-3,17-18H2,(H,22,23)/b15-14+. The van der Waals surface area contributed by atoms with Crippen molar-refractivity contribution in [2.75, 3.05) is 0 Å². The number of hydrogen-bond donors (Lipinski definition) is 4. The largest absolute Gasteiger partial charge is 0.476 e. The molecule has 0 spiro atoms. The van der Waals surface area contributed by atoms with Crippen LogP contribution in [-0.2, 0) is 4.79 Å². The molecule has 3 rings (SSSR count). The second-order valence-corrected chi connectivity index (χ2v) is 5.61. The quantitative estimate of drug-likeness (QED) is 0.272. The average Bonchev–Trinajstić information content (AvgIpc) is 3.00. The average molecular weight is 329 g/mol. The summed E-state index contributed by atoms with van der Waals surface area (Å²) >= 11 is 0. The van der Waals surface area contributed by atoms with E-state index in [-0.39, 0.29) is 5.88 Å². The van der Waals surface area contributed by atoms with Gasteiger partial charge in [0.05, 0.1) is 12.2 Å². The van der Waals surface area contributed by atoms with Crippen molar-refractivity contribution < 1.29 is 14.6 Å². The first-order valence-electron chi connectivity index (χ1n) is 7.60. The molecule has 1 aromatic heterocycles. The highest BCUT2D eigenvalue weighted by molar-refractivity contribution is 5.85. The van der Waals surface area contributed by atoms with Gasteiger partial charge in [-0.25, -0.2) is 10.6 Å². The van der Waals surface area contributed by atoms with E-state index in [9.17, 15) is 4.79 Å². The third-order valence-corrected chi connectivity index (χ3v) is 4.06. The number of aliphatic carboxylic acids is 1. The Morgan fingerprint density at radius 3 is 2.54 bits per heavy atom. The lowest BCUT2D eigenvalue weighted by molar-refractivity contribution is -0.132. The van der Waals surface area contributed by atoms with Gasteiger partial charge in [-0.3, -0.25) is 10.1 Å². The summed E-state index contributed by atoms with van der Waals surface area (Å²) in [7, 11) is 0. The first-order chi connectivity index (χ1) is 11.6. The molecule has 1 aliphatic rings. The molecule has 1 saturated carbocycles. The maximum Gasteiger partial charge on any atom is 0.357 e. The number of ether oxygens (including phenoxy) is 1. The topological polar surface area (TPSA) is 128 Å². The summed E-state index contributed by atoms with van der Waals surface area (Å²) in [5.41, 5.74) is 9.05. The molecule has 24 heavy (non-hydrogen) atoms. The summed E-state index contributed by atoms with van der Waals surface area (Å²) in [6.07, 6.45) is 7.49. The number of carbonyl (C=O) groups is 1. The van der Waals surface area contributed by atoms with Crippen molar-refractivity contribution >= 4 is 5.97 Å². The van der Waals surface area contributed by atoms with Crippen molar-refractivity contribution in [1.29, 1.82) is 0 Å². The van der Waals surface area contributed by atoms with E-state index in [0.717, 1.165) is 11.1 Å². The second kappa shape index (κ2) is 6.63. The highest BCUT2D eigenvalue weighted by Gasteiger charge is 2.20. The van der Waals surface area contributed by atoms with Crippen LogP contribution in [0, 0.1) is 0 Å². The molecule has 0 aliphatic heterocycles. The smallest absolute Gasteiger partial charge is 0.357 e. The third kappa shape index (κ3) is 3.18. The molecule has 1 aliphatic carbocycles. The molecule has 1 heterocycles. The van der Waals surface area contributed by atoms with Crippen molar-refractivity contribution in [2.45, 2.75) is 25.3 Å². The van der Waals surface area contributed by atoms with Crippen LogP contribution in [0.4, 0.5) is 0 Å². The Balaban J connectivity index is 1.74. The van der Waals surface area contributed by atoms with E-state index < -0.39 is 11.7 Å². The predicted molar refractivity (Wildman–Crippen MR) is 87.4 cm³/mol. The Morgan fingerprint density at radius 2 is 2.00 bits per heavy atom. The summed E-state index contributed by atoms with van der Waals surface area (Å²) in [5, 5.41) is 13.3. The van der Waals surface area contributed by atoms with Crippen LogP contribution in [0.2, 0.25) is 0 Å². The van der Waals surface area contributed by atoms with Crippen LogP contribution in [0.5, 0.6) is 5.75 Å². The molecule has 1 fully saturated rings. The number of hydrogen-bond acceptors (Lipinski definition) is 6. The van der Waals surface area contributed by atoms with Gasteiger partial charge in [0.2, 0.25) is 5.88 Å². The molecular formula is C16H19N5O3. The zero-order chi connectivity index (χ0) is 17.1. The first kappa shape index (κ1) is 15.9. The zero-order valence-corrected chi connectivity index (χ0v) is 13.0. The molecule has 8 heteroatoms. The van der Waals surface area contributed by atoms with Crippen LogP contribution in [0.15, 0.2) is 48.2 Å². The number of hydrazine groups is 1. The van der Waals surface area contributed by atoms with Crippen LogP contribution in [0.25, 0.3) is 11.1 Å². The predicted octanol–water partition coefficient (Wildman–Crippen LogP) is 1.33. The van der Waals surface area contributed by atoms with E-state index in [2.05, 4.69) is 10.5 Å². The van der Waals surface area contributed by atoms with E-state index in [4.69, 9.17) is 21.4 Å². The Labute approximate surface area is 138 Å². The number of nitrogens with one attached hydrogen (secondary N) is 1. The number of carboxylic acid groups (broad SMARTS) is 1. The lowest BCUT2D eigenvalue weighted by Gasteiger charge is -2.25. The van der Waals surface area contributed by atoms with Crippen LogP contribution >= 0.6 is 0 Å². The number of benzene rings is 1. The summed E-state index contributed by atoms with van der Waals surface area (Å²) in [5.74, 6) is 4.13. The number of rotatable bonds is 6.